The van der Waals surface area contributed by atoms with Gasteiger partial charge in [0, 0.05) is 18.5 Å². The van der Waals surface area contributed by atoms with E-state index in [1.807, 2.05) is 17.8 Å². The van der Waals surface area contributed by atoms with E-state index in [1.54, 1.807) is 13.4 Å². The quantitative estimate of drug-likeness (QED) is 0.853. The van der Waals surface area contributed by atoms with Gasteiger partial charge in [-0.2, -0.15) is 5.10 Å². The predicted molar refractivity (Wildman–Crippen MR) is 74.5 cm³/mol. The molecule has 1 unspecified atom stereocenters. The third-order valence-corrected chi connectivity index (χ3v) is 3.10. The highest BCUT2D eigenvalue weighted by molar-refractivity contribution is 5.17. The summed E-state index contributed by atoms with van der Waals surface area (Å²) in [6.45, 7) is 4.17. The zero-order chi connectivity index (χ0) is 14.5. The number of hydrogen-bond acceptors (Lipinski definition) is 6. The van der Waals surface area contributed by atoms with Gasteiger partial charge in [-0.25, -0.2) is 19.6 Å². The lowest BCUT2D eigenvalue weighted by Gasteiger charge is -2.17. The van der Waals surface area contributed by atoms with Crippen LogP contribution in [0, 0.1) is 0 Å². The summed E-state index contributed by atoms with van der Waals surface area (Å²) in [6, 6.07) is 2.15. The molecular formula is C13H20N6O. The third-order valence-electron chi connectivity index (χ3n) is 3.10. The first-order valence-electron chi connectivity index (χ1n) is 6.57. The lowest BCUT2D eigenvalue weighted by Crippen LogP contribution is -2.22. The van der Waals surface area contributed by atoms with Crippen LogP contribution < -0.4 is 10.1 Å². The molecule has 0 bridgehead atoms. The molecule has 0 spiro atoms. The highest BCUT2D eigenvalue weighted by Crippen LogP contribution is 2.18. The maximum Gasteiger partial charge on any atom is 0.216 e. The van der Waals surface area contributed by atoms with Crippen LogP contribution >= 0.6 is 0 Å². The fourth-order valence-electron chi connectivity index (χ4n) is 2.04. The van der Waals surface area contributed by atoms with Crippen molar-refractivity contribution in [3.63, 3.8) is 0 Å². The second kappa shape index (κ2) is 6.42. The molecule has 7 nitrogen and oxygen atoms in total. The molecule has 0 aliphatic heterocycles. The average molecular weight is 276 g/mol. The van der Waals surface area contributed by atoms with Crippen molar-refractivity contribution in [2.45, 2.75) is 32.4 Å². The minimum Gasteiger partial charge on any atom is -0.481 e. The molecule has 0 aromatic carbocycles. The summed E-state index contributed by atoms with van der Waals surface area (Å²) in [5, 5.41) is 7.50. The van der Waals surface area contributed by atoms with Crippen molar-refractivity contribution < 1.29 is 4.74 Å². The molecule has 1 N–H and O–H groups in total. The molecule has 0 aliphatic carbocycles. The Kier molecular flexibility index (Phi) is 4.62. The molecule has 2 rings (SSSR count). The smallest absolute Gasteiger partial charge is 0.216 e. The number of rotatable bonds is 6. The number of aromatic nitrogens is 5. The summed E-state index contributed by atoms with van der Waals surface area (Å²) in [7, 11) is 3.49. The topological polar surface area (TPSA) is 77.8 Å². The van der Waals surface area contributed by atoms with Gasteiger partial charge >= 0.3 is 0 Å². The Morgan fingerprint density at radius 3 is 2.70 bits per heavy atom. The summed E-state index contributed by atoms with van der Waals surface area (Å²) in [5.41, 5.74) is 0.873. The van der Waals surface area contributed by atoms with Gasteiger partial charge in [0.2, 0.25) is 5.88 Å². The Bertz CT molecular complexity index is 553. The molecule has 1 atom stereocenters. The van der Waals surface area contributed by atoms with E-state index < -0.39 is 0 Å². The van der Waals surface area contributed by atoms with Crippen LogP contribution in [0.5, 0.6) is 5.88 Å². The van der Waals surface area contributed by atoms with Crippen LogP contribution in [0.15, 0.2) is 18.7 Å². The normalized spacial score (nSPS) is 12.7. The number of methoxy groups -OCH3 is 1. The molecule has 7 heteroatoms. The second-order valence-electron chi connectivity index (χ2n) is 4.75. The lowest BCUT2D eigenvalue weighted by molar-refractivity contribution is 0.393. The standard InChI is InChI=1S/C13H20N6O/c1-9(2)19-12(16-8-18-19)5-10(14-3)11-6-13(20-4)17-7-15-11/h6-10,14H,5H2,1-4H3. The highest BCUT2D eigenvalue weighted by atomic mass is 16.5. The Labute approximate surface area is 118 Å². The molecule has 0 amide bonds. The molecular weight excluding hydrogens is 256 g/mol. The summed E-state index contributed by atoms with van der Waals surface area (Å²) in [5.74, 6) is 1.48. The summed E-state index contributed by atoms with van der Waals surface area (Å²) in [6.07, 6.45) is 3.79. The molecule has 0 saturated carbocycles. The van der Waals surface area contributed by atoms with Crippen molar-refractivity contribution in [1.29, 1.82) is 0 Å². The van der Waals surface area contributed by atoms with E-state index in [0.29, 0.717) is 12.3 Å². The van der Waals surface area contributed by atoms with E-state index in [4.69, 9.17) is 4.74 Å². The second-order valence-corrected chi connectivity index (χ2v) is 4.75. The third kappa shape index (κ3) is 3.11. The number of likely N-dealkylation sites (N-methyl/N-ethyl adjacent to an activating group) is 1. The summed E-state index contributed by atoms with van der Waals surface area (Å²) in [4.78, 5) is 12.7. The first-order valence-corrected chi connectivity index (χ1v) is 6.57. The van der Waals surface area contributed by atoms with Crippen LogP contribution in [0.1, 0.15) is 37.4 Å². The first-order chi connectivity index (χ1) is 9.65. The number of ether oxygens (including phenoxy) is 1. The van der Waals surface area contributed by atoms with Crippen molar-refractivity contribution >= 4 is 0 Å². The van der Waals surface area contributed by atoms with E-state index in [9.17, 15) is 0 Å². The van der Waals surface area contributed by atoms with Crippen molar-refractivity contribution in [3.8, 4) is 5.88 Å². The molecule has 0 radical (unpaired) electrons. The number of nitrogens with one attached hydrogen (secondary N) is 1. The fourth-order valence-corrected chi connectivity index (χ4v) is 2.04. The zero-order valence-electron chi connectivity index (χ0n) is 12.2. The van der Waals surface area contributed by atoms with Crippen LogP contribution in [-0.2, 0) is 6.42 Å². The van der Waals surface area contributed by atoms with Gasteiger partial charge in [0.15, 0.2) is 0 Å². The monoisotopic (exact) mass is 276 g/mol. The van der Waals surface area contributed by atoms with Gasteiger partial charge in [0.25, 0.3) is 0 Å². The Morgan fingerprint density at radius 1 is 1.25 bits per heavy atom. The summed E-state index contributed by atoms with van der Waals surface area (Å²) >= 11 is 0. The number of hydrogen-bond donors (Lipinski definition) is 1. The van der Waals surface area contributed by atoms with E-state index in [-0.39, 0.29) is 12.1 Å². The predicted octanol–water partition coefficient (Wildman–Crippen LogP) is 1.16. The van der Waals surface area contributed by atoms with E-state index in [0.717, 1.165) is 11.5 Å². The van der Waals surface area contributed by atoms with Crippen molar-refractivity contribution in [2.75, 3.05) is 14.2 Å². The van der Waals surface area contributed by atoms with E-state index in [1.165, 1.54) is 6.33 Å². The minimum atomic E-state index is 0.0357. The Balaban J connectivity index is 2.22. The average Bonchev–Trinajstić information content (AvgIpc) is 2.93. The van der Waals surface area contributed by atoms with Gasteiger partial charge in [-0.15, -0.1) is 0 Å². The molecule has 0 aliphatic rings. The molecule has 2 aromatic heterocycles. The van der Waals surface area contributed by atoms with Gasteiger partial charge in [0.05, 0.1) is 18.8 Å². The van der Waals surface area contributed by atoms with Gasteiger partial charge in [-0.05, 0) is 20.9 Å². The van der Waals surface area contributed by atoms with Crippen LogP contribution in [0.3, 0.4) is 0 Å². The van der Waals surface area contributed by atoms with Gasteiger partial charge in [0.1, 0.15) is 18.5 Å². The maximum atomic E-state index is 5.13. The van der Waals surface area contributed by atoms with Crippen molar-refractivity contribution in [1.82, 2.24) is 30.0 Å². The molecule has 0 saturated heterocycles. The molecule has 2 heterocycles. The summed E-state index contributed by atoms with van der Waals surface area (Å²) < 4.78 is 7.05. The molecule has 0 fully saturated rings. The van der Waals surface area contributed by atoms with Crippen LogP contribution in [0.2, 0.25) is 0 Å². The molecule has 2 aromatic rings. The van der Waals surface area contributed by atoms with Crippen LogP contribution in [0.25, 0.3) is 0 Å². The molecule has 108 valence electrons. The van der Waals surface area contributed by atoms with Gasteiger partial charge in [-0.1, -0.05) is 0 Å². The van der Waals surface area contributed by atoms with Crippen molar-refractivity contribution in [2.24, 2.45) is 0 Å². The van der Waals surface area contributed by atoms with Crippen LogP contribution in [0.4, 0.5) is 0 Å². The SMILES string of the molecule is CNC(Cc1ncnn1C(C)C)c1cc(OC)ncn1. The van der Waals surface area contributed by atoms with Gasteiger partial charge < -0.3 is 10.1 Å². The lowest BCUT2D eigenvalue weighted by atomic mass is 10.1. The Morgan fingerprint density at radius 2 is 2.05 bits per heavy atom. The number of nitrogens with zero attached hydrogens (tertiary/aromatic N) is 5. The minimum absolute atomic E-state index is 0.0357. The van der Waals surface area contributed by atoms with Crippen LogP contribution in [-0.4, -0.2) is 38.9 Å². The molecule has 20 heavy (non-hydrogen) atoms. The van der Waals surface area contributed by atoms with Crippen molar-refractivity contribution in [3.05, 3.63) is 30.2 Å². The van der Waals surface area contributed by atoms with E-state index >= 15 is 0 Å². The largest absolute Gasteiger partial charge is 0.481 e. The Hall–Kier alpha value is -2.02. The van der Waals surface area contributed by atoms with Gasteiger partial charge in [-0.3, -0.25) is 0 Å². The fraction of sp³-hybridized carbons (Fsp3) is 0.538. The van der Waals surface area contributed by atoms with E-state index in [2.05, 4.69) is 39.2 Å². The zero-order valence-corrected chi connectivity index (χ0v) is 12.2. The first kappa shape index (κ1) is 14.4. The maximum absolute atomic E-state index is 5.13. The highest BCUT2D eigenvalue weighted by Gasteiger charge is 2.17.